The van der Waals surface area contributed by atoms with E-state index in [-0.39, 0.29) is 30.6 Å². The van der Waals surface area contributed by atoms with Gasteiger partial charge in [0.2, 0.25) is 11.8 Å². The maximum absolute atomic E-state index is 13.4. The second kappa shape index (κ2) is 5.98. The summed E-state index contributed by atoms with van der Waals surface area (Å²) in [4.78, 5) is 26.3. The quantitative estimate of drug-likeness (QED) is 0.897. The minimum Gasteiger partial charge on any atom is -0.312 e. The maximum atomic E-state index is 13.4. The van der Waals surface area contributed by atoms with Gasteiger partial charge in [-0.25, -0.2) is 4.39 Å². The summed E-state index contributed by atoms with van der Waals surface area (Å²) in [5.41, 5.74) is 2.14. The fraction of sp³-hybridized carbons (Fsp3) is 0.389. The van der Waals surface area contributed by atoms with E-state index in [2.05, 4.69) is 15.5 Å². The van der Waals surface area contributed by atoms with Crippen molar-refractivity contribution < 1.29 is 14.0 Å². The molecule has 2 amide bonds. The van der Waals surface area contributed by atoms with Crippen molar-refractivity contribution in [1.29, 1.82) is 0 Å². The maximum Gasteiger partial charge on any atom is 0.231 e. The first-order valence-corrected chi connectivity index (χ1v) is 8.44. The number of amides is 2. The number of rotatable bonds is 4. The van der Waals surface area contributed by atoms with Crippen molar-refractivity contribution >= 4 is 23.3 Å². The Bertz CT molecular complexity index is 843. The standard InChI is InChI=1S/C18H19FN4O2/c1-10-6-13(4-5-14(10)19)23-9-12(7-17(23)24)18(25)20-16-8-15(21-22-16)11-2-3-11/h4-6,8,11-12H,2-3,7,9H2,1H3,(H2,20,21,22,25)/t12-/m0/s1. The first kappa shape index (κ1) is 15.8. The lowest BCUT2D eigenvalue weighted by Crippen LogP contribution is -2.28. The van der Waals surface area contributed by atoms with E-state index in [1.54, 1.807) is 19.1 Å². The number of aryl methyl sites for hydroxylation is 1. The average Bonchev–Trinajstić information content (AvgIpc) is 3.21. The van der Waals surface area contributed by atoms with Gasteiger partial charge in [-0.15, -0.1) is 0 Å². The topological polar surface area (TPSA) is 78.1 Å². The van der Waals surface area contributed by atoms with Gasteiger partial charge in [0, 0.05) is 36.3 Å². The van der Waals surface area contributed by atoms with Gasteiger partial charge in [0.1, 0.15) is 5.82 Å². The molecule has 6 nitrogen and oxygen atoms in total. The van der Waals surface area contributed by atoms with E-state index in [9.17, 15) is 14.0 Å². The summed E-state index contributed by atoms with van der Waals surface area (Å²) in [6.07, 6.45) is 2.44. The predicted octanol–water partition coefficient (Wildman–Crippen LogP) is 2.73. The van der Waals surface area contributed by atoms with Crippen LogP contribution >= 0.6 is 0 Å². The molecule has 0 spiro atoms. The van der Waals surface area contributed by atoms with Crippen molar-refractivity contribution in [3.63, 3.8) is 0 Å². The van der Waals surface area contributed by atoms with E-state index in [0.29, 0.717) is 23.0 Å². The van der Waals surface area contributed by atoms with Crippen molar-refractivity contribution in [2.75, 3.05) is 16.8 Å². The molecule has 2 heterocycles. The van der Waals surface area contributed by atoms with E-state index >= 15 is 0 Å². The molecule has 25 heavy (non-hydrogen) atoms. The van der Waals surface area contributed by atoms with Crippen LogP contribution < -0.4 is 10.2 Å². The molecule has 2 N–H and O–H groups in total. The van der Waals surface area contributed by atoms with E-state index < -0.39 is 5.92 Å². The normalized spacial score (nSPS) is 20.2. The zero-order valence-electron chi connectivity index (χ0n) is 13.9. The molecule has 130 valence electrons. The Morgan fingerprint density at radius 1 is 1.36 bits per heavy atom. The monoisotopic (exact) mass is 342 g/mol. The third-order valence-corrected chi connectivity index (χ3v) is 4.82. The highest BCUT2D eigenvalue weighted by molar-refractivity contribution is 6.03. The van der Waals surface area contributed by atoms with Gasteiger partial charge in [-0.2, -0.15) is 5.10 Å². The highest BCUT2D eigenvalue weighted by Crippen LogP contribution is 2.39. The highest BCUT2D eigenvalue weighted by atomic mass is 19.1. The summed E-state index contributed by atoms with van der Waals surface area (Å²) in [5.74, 6) is -0.0807. The molecule has 0 radical (unpaired) electrons. The fourth-order valence-corrected chi connectivity index (χ4v) is 3.16. The van der Waals surface area contributed by atoms with E-state index in [1.807, 2.05) is 6.07 Å². The van der Waals surface area contributed by atoms with Gasteiger partial charge in [0.25, 0.3) is 0 Å². The number of benzene rings is 1. The molecule has 1 aromatic heterocycles. The molecule has 1 aliphatic carbocycles. The lowest BCUT2D eigenvalue weighted by molar-refractivity contribution is -0.122. The zero-order valence-corrected chi connectivity index (χ0v) is 13.9. The van der Waals surface area contributed by atoms with Crippen LogP contribution in [0.15, 0.2) is 24.3 Å². The van der Waals surface area contributed by atoms with Crippen LogP contribution in [0.1, 0.15) is 36.4 Å². The molecular weight excluding hydrogens is 323 g/mol. The van der Waals surface area contributed by atoms with Gasteiger partial charge in [0.05, 0.1) is 5.92 Å². The second-order valence-corrected chi connectivity index (χ2v) is 6.81. The number of nitrogens with one attached hydrogen (secondary N) is 2. The van der Waals surface area contributed by atoms with Crippen molar-refractivity contribution in [1.82, 2.24) is 10.2 Å². The SMILES string of the molecule is Cc1cc(N2C[C@@H](C(=O)Nc3cc(C4CC4)[nH]n3)CC2=O)ccc1F. The molecule has 1 atom stereocenters. The molecule has 2 fully saturated rings. The molecule has 7 heteroatoms. The number of hydrogen-bond acceptors (Lipinski definition) is 3. The average molecular weight is 342 g/mol. The van der Waals surface area contributed by atoms with Crippen LogP contribution in [0.25, 0.3) is 0 Å². The molecule has 2 aromatic rings. The first-order chi connectivity index (χ1) is 12.0. The van der Waals surface area contributed by atoms with Gasteiger partial charge >= 0.3 is 0 Å². The first-order valence-electron chi connectivity index (χ1n) is 8.44. The molecule has 1 aromatic carbocycles. The summed E-state index contributed by atoms with van der Waals surface area (Å²) >= 11 is 0. The number of hydrogen-bond donors (Lipinski definition) is 2. The Kier molecular flexibility index (Phi) is 3.78. The van der Waals surface area contributed by atoms with Gasteiger partial charge in [-0.1, -0.05) is 0 Å². The number of halogens is 1. The summed E-state index contributed by atoms with van der Waals surface area (Å²) < 4.78 is 13.4. The van der Waals surface area contributed by atoms with Gasteiger partial charge in [0.15, 0.2) is 5.82 Å². The lowest BCUT2D eigenvalue weighted by atomic mass is 10.1. The Morgan fingerprint density at radius 2 is 2.16 bits per heavy atom. The largest absolute Gasteiger partial charge is 0.312 e. The fourth-order valence-electron chi connectivity index (χ4n) is 3.16. The van der Waals surface area contributed by atoms with E-state index in [0.717, 1.165) is 18.5 Å². The molecule has 1 saturated carbocycles. The van der Waals surface area contributed by atoms with Gasteiger partial charge in [-0.3, -0.25) is 14.7 Å². The molecule has 4 rings (SSSR count). The summed E-state index contributed by atoms with van der Waals surface area (Å²) in [6, 6.07) is 6.39. The van der Waals surface area contributed by atoms with Crippen LogP contribution in [-0.4, -0.2) is 28.6 Å². The van der Waals surface area contributed by atoms with Crippen molar-refractivity contribution in [2.24, 2.45) is 5.92 Å². The molecule has 1 aliphatic heterocycles. The third-order valence-electron chi connectivity index (χ3n) is 4.82. The zero-order chi connectivity index (χ0) is 17.6. The Balaban J connectivity index is 1.43. The highest BCUT2D eigenvalue weighted by Gasteiger charge is 2.35. The number of aromatic nitrogens is 2. The summed E-state index contributed by atoms with van der Waals surface area (Å²) in [7, 11) is 0. The Labute approximate surface area is 144 Å². The van der Waals surface area contributed by atoms with Crippen molar-refractivity contribution in [2.45, 2.75) is 32.1 Å². The Hall–Kier alpha value is -2.70. The van der Waals surface area contributed by atoms with Crippen LogP contribution in [0.2, 0.25) is 0 Å². The minimum atomic E-state index is -0.445. The molecule has 1 saturated heterocycles. The van der Waals surface area contributed by atoms with Crippen molar-refractivity contribution in [3.8, 4) is 0 Å². The molecular formula is C18H19FN4O2. The smallest absolute Gasteiger partial charge is 0.231 e. The van der Waals surface area contributed by atoms with E-state index in [1.165, 1.54) is 11.0 Å². The Morgan fingerprint density at radius 3 is 2.88 bits per heavy atom. The second-order valence-electron chi connectivity index (χ2n) is 6.81. The molecule has 0 bridgehead atoms. The van der Waals surface area contributed by atoms with Gasteiger partial charge < -0.3 is 10.2 Å². The van der Waals surface area contributed by atoms with Crippen LogP contribution in [0, 0.1) is 18.7 Å². The number of H-pyrrole nitrogens is 1. The third kappa shape index (κ3) is 3.14. The minimum absolute atomic E-state index is 0.133. The number of carbonyl (C=O) groups is 2. The van der Waals surface area contributed by atoms with Crippen LogP contribution in [0.3, 0.4) is 0 Å². The predicted molar refractivity (Wildman–Crippen MR) is 90.8 cm³/mol. The number of nitrogens with zero attached hydrogens (tertiary/aromatic N) is 2. The summed E-state index contributed by atoms with van der Waals surface area (Å²) in [6.45, 7) is 1.94. The number of carbonyl (C=O) groups excluding carboxylic acids is 2. The molecule has 2 aliphatic rings. The van der Waals surface area contributed by atoms with E-state index in [4.69, 9.17) is 0 Å². The number of aromatic amines is 1. The number of anilines is 2. The summed E-state index contributed by atoms with van der Waals surface area (Å²) in [5, 5.41) is 9.83. The van der Waals surface area contributed by atoms with Gasteiger partial charge in [-0.05, 0) is 43.5 Å². The van der Waals surface area contributed by atoms with Crippen LogP contribution in [0.5, 0.6) is 0 Å². The van der Waals surface area contributed by atoms with Crippen molar-refractivity contribution in [3.05, 3.63) is 41.3 Å². The van der Waals surface area contributed by atoms with Crippen LogP contribution in [-0.2, 0) is 9.59 Å². The molecule has 0 unspecified atom stereocenters. The van der Waals surface area contributed by atoms with Crippen LogP contribution in [0.4, 0.5) is 15.9 Å². The lowest BCUT2D eigenvalue weighted by Gasteiger charge is -2.17.